The molecule has 1 aromatic heterocycles. The average Bonchev–Trinajstić information content (AvgIpc) is 3.00. The highest BCUT2D eigenvalue weighted by atomic mass is 16.5. The van der Waals surface area contributed by atoms with Crippen LogP contribution >= 0.6 is 0 Å². The Hall–Kier alpha value is -1.91. The Morgan fingerprint density at radius 2 is 2.21 bits per heavy atom. The van der Waals surface area contributed by atoms with Crippen molar-refractivity contribution in [2.24, 2.45) is 0 Å². The zero-order valence-corrected chi connectivity index (χ0v) is 13.9. The number of hydrogen-bond acceptors (Lipinski definition) is 3. The van der Waals surface area contributed by atoms with Gasteiger partial charge in [0.05, 0.1) is 12.1 Å². The number of carbonyl (C=O) groups is 1. The SMILES string of the molecule is CO[C@]12C=CC(=O)CC1N1CCc3c([nH]c4ccccc34)[C@@H]1CC2. The fourth-order valence-corrected chi connectivity index (χ4v) is 5.11. The molecular weight excluding hydrogens is 300 g/mol. The number of hydrogen-bond donors (Lipinski definition) is 1. The molecule has 1 aliphatic carbocycles. The van der Waals surface area contributed by atoms with E-state index in [9.17, 15) is 4.79 Å². The summed E-state index contributed by atoms with van der Waals surface area (Å²) in [5.74, 6) is 0.218. The molecular formula is C20H22N2O2. The van der Waals surface area contributed by atoms with Crippen molar-refractivity contribution in [3.63, 3.8) is 0 Å². The third kappa shape index (κ3) is 1.84. The lowest BCUT2D eigenvalue weighted by molar-refractivity contribution is -0.131. The Morgan fingerprint density at radius 1 is 1.33 bits per heavy atom. The van der Waals surface area contributed by atoms with Gasteiger partial charge in [-0.3, -0.25) is 9.69 Å². The number of benzene rings is 1. The number of piperidine rings is 1. The van der Waals surface area contributed by atoms with Crippen LogP contribution in [0.1, 0.15) is 36.6 Å². The van der Waals surface area contributed by atoms with E-state index in [1.807, 2.05) is 6.08 Å². The van der Waals surface area contributed by atoms with Crippen LogP contribution in [0.4, 0.5) is 0 Å². The molecule has 3 atom stereocenters. The van der Waals surface area contributed by atoms with Crippen LogP contribution < -0.4 is 0 Å². The molecule has 3 heterocycles. The first-order valence-electron chi connectivity index (χ1n) is 8.84. The number of rotatable bonds is 1. The number of fused-ring (bicyclic) bond motifs is 7. The van der Waals surface area contributed by atoms with Gasteiger partial charge in [-0.05, 0) is 43.0 Å². The fraction of sp³-hybridized carbons (Fsp3) is 0.450. The third-order valence-corrected chi connectivity index (χ3v) is 6.30. The van der Waals surface area contributed by atoms with Crippen LogP contribution in [0.2, 0.25) is 0 Å². The molecule has 124 valence electrons. The Morgan fingerprint density at radius 3 is 3.08 bits per heavy atom. The van der Waals surface area contributed by atoms with E-state index in [0.29, 0.717) is 12.5 Å². The molecule has 24 heavy (non-hydrogen) atoms. The molecule has 4 heteroatoms. The predicted octanol–water partition coefficient (Wildman–Crippen LogP) is 3.14. The first kappa shape index (κ1) is 14.4. The number of ketones is 1. The monoisotopic (exact) mass is 322 g/mol. The fourth-order valence-electron chi connectivity index (χ4n) is 5.11. The standard InChI is InChI=1S/C20H22N2O2/c1-24-20-9-6-13(23)12-18(20)22-11-8-15-14-4-2-3-5-16(14)21-19(15)17(22)7-10-20/h2-6,9,17-18,21H,7-8,10-12H2,1H3/t17-,18?,20-/m0/s1. The molecule has 1 aromatic carbocycles. The molecule has 0 spiro atoms. The van der Waals surface area contributed by atoms with E-state index in [4.69, 9.17) is 4.74 Å². The molecule has 0 radical (unpaired) electrons. The van der Waals surface area contributed by atoms with Crippen molar-refractivity contribution in [3.8, 4) is 0 Å². The number of methoxy groups -OCH3 is 1. The zero-order chi connectivity index (χ0) is 16.3. The molecule has 5 rings (SSSR count). The van der Waals surface area contributed by atoms with Crippen molar-refractivity contribution in [2.45, 2.75) is 43.4 Å². The number of para-hydroxylation sites is 1. The molecule has 1 saturated heterocycles. The van der Waals surface area contributed by atoms with Gasteiger partial charge < -0.3 is 9.72 Å². The first-order valence-corrected chi connectivity index (χ1v) is 8.84. The van der Waals surface area contributed by atoms with E-state index in [1.165, 1.54) is 22.2 Å². The molecule has 0 amide bonds. The van der Waals surface area contributed by atoms with Crippen LogP contribution in [0.3, 0.4) is 0 Å². The number of H-pyrrole nitrogens is 1. The average molecular weight is 322 g/mol. The highest BCUT2D eigenvalue weighted by Crippen LogP contribution is 2.48. The summed E-state index contributed by atoms with van der Waals surface area (Å²) < 4.78 is 5.94. The van der Waals surface area contributed by atoms with Gasteiger partial charge in [-0.2, -0.15) is 0 Å². The topological polar surface area (TPSA) is 45.3 Å². The number of carbonyl (C=O) groups excluding carboxylic acids is 1. The third-order valence-electron chi connectivity index (χ3n) is 6.30. The molecule has 1 fully saturated rings. The Bertz CT molecular complexity index is 852. The first-order chi connectivity index (χ1) is 11.7. The van der Waals surface area contributed by atoms with Crippen molar-refractivity contribution >= 4 is 16.7 Å². The molecule has 0 bridgehead atoms. The van der Waals surface area contributed by atoms with E-state index < -0.39 is 0 Å². The van der Waals surface area contributed by atoms with Crippen LogP contribution in [0, 0.1) is 0 Å². The lowest BCUT2D eigenvalue weighted by Crippen LogP contribution is -2.61. The second-order valence-electron chi connectivity index (χ2n) is 7.28. The summed E-state index contributed by atoms with van der Waals surface area (Å²) in [6.07, 6.45) is 7.36. The van der Waals surface area contributed by atoms with Gasteiger partial charge in [-0.1, -0.05) is 18.2 Å². The second kappa shape index (κ2) is 5.04. The van der Waals surface area contributed by atoms with Crippen LogP contribution in [0.25, 0.3) is 10.9 Å². The lowest BCUT2D eigenvalue weighted by atomic mass is 9.73. The van der Waals surface area contributed by atoms with Gasteiger partial charge in [-0.25, -0.2) is 0 Å². The van der Waals surface area contributed by atoms with Crippen LogP contribution in [-0.2, 0) is 16.0 Å². The maximum absolute atomic E-state index is 12.1. The van der Waals surface area contributed by atoms with Gasteiger partial charge in [0, 0.05) is 36.7 Å². The Balaban J connectivity index is 1.60. The Labute approximate surface area is 141 Å². The van der Waals surface area contributed by atoms with Crippen LogP contribution in [-0.4, -0.2) is 41.0 Å². The molecule has 1 N–H and O–H groups in total. The highest BCUT2D eigenvalue weighted by Gasteiger charge is 2.51. The predicted molar refractivity (Wildman–Crippen MR) is 93.0 cm³/mol. The van der Waals surface area contributed by atoms with Crippen molar-refractivity contribution in [1.82, 2.24) is 9.88 Å². The van der Waals surface area contributed by atoms with Gasteiger partial charge in [0.2, 0.25) is 0 Å². The second-order valence-corrected chi connectivity index (χ2v) is 7.28. The smallest absolute Gasteiger partial charge is 0.157 e. The van der Waals surface area contributed by atoms with Crippen molar-refractivity contribution < 1.29 is 9.53 Å². The number of ether oxygens (including phenoxy) is 1. The summed E-state index contributed by atoms with van der Waals surface area (Å²) in [7, 11) is 1.78. The number of nitrogens with one attached hydrogen (secondary N) is 1. The van der Waals surface area contributed by atoms with E-state index >= 15 is 0 Å². The zero-order valence-electron chi connectivity index (χ0n) is 13.9. The molecule has 3 aliphatic rings. The summed E-state index contributed by atoms with van der Waals surface area (Å²) in [5.41, 5.74) is 3.75. The number of aromatic nitrogens is 1. The molecule has 1 unspecified atom stereocenters. The van der Waals surface area contributed by atoms with E-state index in [-0.39, 0.29) is 17.4 Å². The highest BCUT2D eigenvalue weighted by molar-refractivity contribution is 5.91. The maximum atomic E-state index is 12.1. The van der Waals surface area contributed by atoms with Crippen LogP contribution in [0.15, 0.2) is 36.4 Å². The van der Waals surface area contributed by atoms with Crippen molar-refractivity contribution in [2.75, 3.05) is 13.7 Å². The van der Waals surface area contributed by atoms with E-state index in [1.54, 1.807) is 13.2 Å². The Kier molecular flexibility index (Phi) is 3.03. The molecule has 0 saturated carbocycles. The summed E-state index contributed by atoms with van der Waals surface area (Å²) in [6.45, 7) is 0.996. The van der Waals surface area contributed by atoms with Gasteiger partial charge in [0.1, 0.15) is 5.60 Å². The van der Waals surface area contributed by atoms with Crippen LogP contribution in [0.5, 0.6) is 0 Å². The normalized spacial score (nSPS) is 32.5. The van der Waals surface area contributed by atoms with E-state index in [2.05, 4.69) is 34.1 Å². The van der Waals surface area contributed by atoms with E-state index in [0.717, 1.165) is 25.8 Å². The maximum Gasteiger partial charge on any atom is 0.157 e. The summed E-state index contributed by atoms with van der Waals surface area (Å²) in [6, 6.07) is 9.10. The minimum absolute atomic E-state index is 0.151. The summed E-state index contributed by atoms with van der Waals surface area (Å²) >= 11 is 0. The van der Waals surface area contributed by atoms with Gasteiger partial charge in [-0.15, -0.1) is 0 Å². The molecule has 2 aromatic rings. The largest absolute Gasteiger partial charge is 0.372 e. The van der Waals surface area contributed by atoms with Crippen molar-refractivity contribution in [3.05, 3.63) is 47.7 Å². The summed E-state index contributed by atoms with van der Waals surface area (Å²) in [5, 5.41) is 1.36. The summed E-state index contributed by atoms with van der Waals surface area (Å²) in [4.78, 5) is 18.2. The van der Waals surface area contributed by atoms with Crippen molar-refractivity contribution in [1.29, 1.82) is 0 Å². The minimum Gasteiger partial charge on any atom is -0.372 e. The lowest BCUT2D eigenvalue weighted by Gasteiger charge is -2.54. The number of nitrogens with zero attached hydrogens (tertiary/aromatic N) is 1. The van der Waals surface area contributed by atoms with Gasteiger partial charge >= 0.3 is 0 Å². The van der Waals surface area contributed by atoms with Gasteiger partial charge in [0.15, 0.2) is 5.78 Å². The minimum atomic E-state index is -0.298. The molecule has 2 aliphatic heterocycles. The number of allylic oxidation sites excluding steroid dienone is 1. The van der Waals surface area contributed by atoms with Gasteiger partial charge in [0.25, 0.3) is 0 Å². The number of aromatic amines is 1. The molecule has 4 nitrogen and oxygen atoms in total. The quantitative estimate of drug-likeness (QED) is 0.877.